The number of hydrogen-bond donors (Lipinski definition) is 2. The van der Waals surface area contributed by atoms with E-state index >= 15 is 0 Å². The molecular formula is C16H18Br2N2O4. The molecule has 0 spiro atoms. The van der Waals surface area contributed by atoms with Gasteiger partial charge in [-0.15, -0.1) is 0 Å². The molecule has 0 radical (unpaired) electrons. The van der Waals surface area contributed by atoms with Gasteiger partial charge in [-0.1, -0.05) is 13.3 Å². The zero-order valence-electron chi connectivity index (χ0n) is 13.5. The summed E-state index contributed by atoms with van der Waals surface area (Å²) in [5, 5.41) is 5.50. The van der Waals surface area contributed by atoms with E-state index in [1.165, 1.54) is 7.11 Å². The molecule has 1 aromatic rings. The lowest BCUT2D eigenvalue weighted by molar-refractivity contribution is -0.136. The summed E-state index contributed by atoms with van der Waals surface area (Å²) < 4.78 is 11.6. The average molecular weight is 462 g/mol. The van der Waals surface area contributed by atoms with Gasteiger partial charge >= 0.3 is 12.0 Å². The van der Waals surface area contributed by atoms with Crippen LogP contribution in [0, 0.1) is 0 Å². The number of carbonyl (C=O) groups is 2. The van der Waals surface area contributed by atoms with E-state index in [4.69, 9.17) is 9.47 Å². The topological polar surface area (TPSA) is 76.7 Å². The number of amides is 2. The van der Waals surface area contributed by atoms with E-state index in [2.05, 4.69) is 42.5 Å². The van der Waals surface area contributed by atoms with Crippen LogP contribution in [0.5, 0.6) is 5.75 Å². The number of methoxy groups -OCH3 is 2. The van der Waals surface area contributed by atoms with Gasteiger partial charge in [-0.05, 0) is 56.0 Å². The zero-order chi connectivity index (χ0) is 17.9. The first-order valence-corrected chi connectivity index (χ1v) is 8.93. The second kappa shape index (κ2) is 8.02. The third-order valence-electron chi connectivity index (χ3n) is 3.62. The number of hydrogen-bond acceptors (Lipinski definition) is 4. The molecule has 1 aromatic carbocycles. The highest BCUT2D eigenvalue weighted by atomic mass is 79.9. The molecule has 2 rings (SSSR count). The molecule has 1 unspecified atom stereocenters. The van der Waals surface area contributed by atoms with E-state index in [0.29, 0.717) is 32.4 Å². The van der Waals surface area contributed by atoms with Crippen molar-refractivity contribution in [3.8, 4) is 5.75 Å². The minimum atomic E-state index is -0.605. The Hall–Kier alpha value is -1.54. The van der Waals surface area contributed by atoms with Gasteiger partial charge in [0.2, 0.25) is 0 Å². The normalized spacial score (nSPS) is 17.2. The number of rotatable bonds is 5. The summed E-state index contributed by atoms with van der Waals surface area (Å²) in [6.45, 7) is 1.98. The van der Waals surface area contributed by atoms with Crippen LogP contribution in [-0.2, 0) is 9.53 Å². The zero-order valence-corrected chi connectivity index (χ0v) is 16.7. The Kier molecular flexibility index (Phi) is 6.28. The van der Waals surface area contributed by atoms with Crippen LogP contribution in [-0.4, -0.2) is 26.2 Å². The highest BCUT2D eigenvalue weighted by molar-refractivity contribution is 9.11. The molecule has 130 valence electrons. The van der Waals surface area contributed by atoms with Crippen LogP contribution in [0.15, 0.2) is 32.3 Å². The lowest BCUT2D eigenvalue weighted by Gasteiger charge is -2.29. The number of carbonyl (C=O) groups excluding carboxylic acids is 2. The van der Waals surface area contributed by atoms with Crippen molar-refractivity contribution < 1.29 is 19.1 Å². The Bertz CT molecular complexity index is 680. The molecule has 0 fully saturated rings. The van der Waals surface area contributed by atoms with E-state index in [0.717, 1.165) is 12.0 Å². The lowest BCUT2D eigenvalue weighted by atomic mass is 9.94. The molecule has 6 nitrogen and oxygen atoms in total. The first-order chi connectivity index (χ1) is 11.4. The molecule has 1 atom stereocenters. The average Bonchev–Trinajstić information content (AvgIpc) is 2.53. The van der Waals surface area contributed by atoms with E-state index < -0.39 is 12.0 Å². The Balaban J connectivity index is 2.59. The third-order valence-corrected chi connectivity index (χ3v) is 4.80. The Labute approximate surface area is 157 Å². The van der Waals surface area contributed by atoms with Gasteiger partial charge < -0.3 is 20.1 Å². The van der Waals surface area contributed by atoms with Crippen molar-refractivity contribution in [3.05, 3.63) is 37.9 Å². The van der Waals surface area contributed by atoms with Crippen molar-refractivity contribution in [1.82, 2.24) is 10.6 Å². The predicted octanol–water partition coefficient (Wildman–Crippen LogP) is 3.80. The standard InChI is InChI=1S/C16H18Br2N2O4/c1-4-5-11-12(15(21)24-3)13(20-16(22)19-11)8-6-9(17)14(23-2)10(18)7-8/h6-7,13H,4-5H2,1-3H3,(H2,19,20,22). The summed E-state index contributed by atoms with van der Waals surface area (Å²) in [7, 11) is 2.89. The highest BCUT2D eigenvalue weighted by Crippen LogP contribution is 2.38. The fraction of sp³-hybridized carbons (Fsp3) is 0.375. The fourth-order valence-electron chi connectivity index (χ4n) is 2.61. The smallest absolute Gasteiger partial charge is 0.337 e. The number of esters is 1. The van der Waals surface area contributed by atoms with Crippen LogP contribution >= 0.6 is 31.9 Å². The maximum absolute atomic E-state index is 12.3. The summed E-state index contributed by atoms with van der Waals surface area (Å²) in [4.78, 5) is 24.3. The van der Waals surface area contributed by atoms with E-state index in [9.17, 15) is 9.59 Å². The van der Waals surface area contributed by atoms with E-state index in [-0.39, 0.29) is 6.03 Å². The summed E-state index contributed by atoms with van der Waals surface area (Å²) in [5.41, 5.74) is 1.72. The van der Waals surface area contributed by atoms with Gasteiger partial charge in [-0.2, -0.15) is 0 Å². The molecule has 0 bridgehead atoms. The number of nitrogens with one attached hydrogen (secondary N) is 2. The van der Waals surface area contributed by atoms with Crippen LogP contribution in [0.25, 0.3) is 0 Å². The van der Waals surface area contributed by atoms with Crippen molar-refractivity contribution in [2.24, 2.45) is 0 Å². The van der Waals surface area contributed by atoms with Gasteiger partial charge in [0, 0.05) is 5.70 Å². The molecule has 0 aliphatic carbocycles. The summed E-state index contributed by atoms with van der Waals surface area (Å²) in [6, 6.07) is 2.67. The minimum Gasteiger partial charge on any atom is -0.494 e. The molecule has 0 saturated carbocycles. The van der Waals surface area contributed by atoms with E-state index in [1.54, 1.807) is 7.11 Å². The number of halogens is 2. The summed E-state index contributed by atoms with van der Waals surface area (Å²) >= 11 is 6.89. The minimum absolute atomic E-state index is 0.348. The third kappa shape index (κ3) is 3.75. The second-order valence-corrected chi connectivity index (χ2v) is 6.89. The van der Waals surface area contributed by atoms with Crippen LogP contribution < -0.4 is 15.4 Å². The SMILES string of the molecule is CCCC1=C(C(=O)OC)C(c2cc(Br)c(OC)c(Br)c2)NC(=O)N1. The number of benzene rings is 1. The van der Waals surface area contributed by atoms with Gasteiger partial charge in [0.1, 0.15) is 5.75 Å². The van der Waals surface area contributed by atoms with Crippen molar-refractivity contribution in [2.45, 2.75) is 25.8 Å². The van der Waals surface area contributed by atoms with Gasteiger partial charge in [0.15, 0.2) is 0 Å². The number of allylic oxidation sites excluding steroid dienone is 1. The molecule has 1 aliphatic rings. The van der Waals surface area contributed by atoms with Crippen LogP contribution in [0.3, 0.4) is 0 Å². The quantitative estimate of drug-likeness (QED) is 0.654. The molecule has 8 heteroatoms. The maximum Gasteiger partial charge on any atom is 0.337 e. The van der Waals surface area contributed by atoms with Gasteiger partial charge in [-0.25, -0.2) is 9.59 Å². The van der Waals surface area contributed by atoms with Crippen molar-refractivity contribution in [2.75, 3.05) is 14.2 Å². The summed E-state index contributed by atoms with van der Waals surface area (Å²) in [6.07, 6.45) is 1.37. The van der Waals surface area contributed by atoms with Crippen LogP contribution in [0.4, 0.5) is 4.79 Å². The van der Waals surface area contributed by atoms with Crippen molar-refractivity contribution in [1.29, 1.82) is 0 Å². The molecule has 2 N–H and O–H groups in total. The maximum atomic E-state index is 12.3. The first-order valence-electron chi connectivity index (χ1n) is 7.34. The molecule has 1 aliphatic heterocycles. The second-order valence-electron chi connectivity index (χ2n) is 5.18. The summed E-state index contributed by atoms with van der Waals surface area (Å²) in [5.74, 6) is 0.162. The van der Waals surface area contributed by atoms with Crippen LogP contribution in [0.1, 0.15) is 31.4 Å². The monoisotopic (exact) mass is 460 g/mol. The van der Waals surface area contributed by atoms with E-state index in [1.807, 2.05) is 19.1 Å². The lowest BCUT2D eigenvalue weighted by Crippen LogP contribution is -2.45. The number of ether oxygens (including phenoxy) is 2. The van der Waals surface area contributed by atoms with Gasteiger partial charge in [0.05, 0.1) is 34.8 Å². The largest absolute Gasteiger partial charge is 0.494 e. The van der Waals surface area contributed by atoms with Crippen molar-refractivity contribution in [3.63, 3.8) is 0 Å². The molecule has 1 heterocycles. The highest BCUT2D eigenvalue weighted by Gasteiger charge is 2.33. The fourth-order valence-corrected chi connectivity index (χ4v) is 4.15. The van der Waals surface area contributed by atoms with Crippen LogP contribution in [0.2, 0.25) is 0 Å². The molecule has 2 amide bonds. The predicted molar refractivity (Wildman–Crippen MR) is 96.8 cm³/mol. The Morgan fingerprint density at radius 2 is 1.88 bits per heavy atom. The van der Waals surface area contributed by atoms with Gasteiger partial charge in [-0.3, -0.25) is 0 Å². The number of urea groups is 1. The first kappa shape index (κ1) is 18.8. The molecular weight excluding hydrogens is 444 g/mol. The molecule has 0 saturated heterocycles. The Morgan fingerprint density at radius 1 is 1.25 bits per heavy atom. The van der Waals surface area contributed by atoms with Gasteiger partial charge in [0.25, 0.3) is 0 Å². The molecule has 0 aromatic heterocycles. The molecule has 24 heavy (non-hydrogen) atoms. The Morgan fingerprint density at radius 3 is 2.38 bits per heavy atom. The van der Waals surface area contributed by atoms with Crippen molar-refractivity contribution >= 4 is 43.9 Å².